The SMILES string of the molecule is CC(C)C(=O)N1CCC[C@H]1c1nc(Nc2ccccc2)cc(-c2cccnc2)n1. The minimum absolute atomic E-state index is 0.0426. The molecular formula is C23H25N5O. The summed E-state index contributed by atoms with van der Waals surface area (Å²) in [5.41, 5.74) is 2.67. The van der Waals surface area contributed by atoms with Gasteiger partial charge in [0.05, 0.1) is 11.7 Å². The van der Waals surface area contributed by atoms with Gasteiger partial charge in [-0.15, -0.1) is 0 Å². The fraction of sp³-hybridized carbons (Fsp3) is 0.304. The fourth-order valence-electron chi connectivity index (χ4n) is 3.64. The van der Waals surface area contributed by atoms with E-state index in [1.807, 2.05) is 67.3 Å². The first-order chi connectivity index (χ1) is 14.1. The topological polar surface area (TPSA) is 71.0 Å². The molecule has 1 N–H and O–H groups in total. The first kappa shape index (κ1) is 19.1. The summed E-state index contributed by atoms with van der Waals surface area (Å²) in [6.07, 6.45) is 5.38. The zero-order chi connectivity index (χ0) is 20.2. The molecular weight excluding hydrogens is 362 g/mol. The Labute approximate surface area is 171 Å². The van der Waals surface area contributed by atoms with Crippen molar-refractivity contribution < 1.29 is 4.79 Å². The monoisotopic (exact) mass is 387 g/mol. The highest BCUT2D eigenvalue weighted by atomic mass is 16.2. The number of hydrogen-bond donors (Lipinski definition) is 1. The van der Waals surface area contributed by atoms with E-state index in [0.717, 1.165) is 36.3 Å². The molecule has 2 aromatic heterocycles. The molecule has 0 spiro atoms. The molecule has 0 saturated carbocycles. The molecule has 0 bridgehead atoms. The van der Waals surface area contributed by atoms with Crippen LogP contribution in [0.15, 0.2) is 60.9 Å². The number of amides is 1. The number of pyridine rings is 1. The Hall–Kier alpha value is -3.28. The van der Waals surface area contributed by atoms with E-state index in [9.17, 15) is 4.79 Å². The van der Waals surface area contributed by atoms with Gasteiger partial charge in [0.1, 0.15) is 5.82 Å². The Morgan fingerprint density at radius 1 is 1.14 bits per heavy atom. The predicted molar refractivity (Wildman–Crippen MR) is 114 cm³/mol. The Kier molecular flexibility index (Phi) is 5.51. The van der Waals surface area contributed by atoms with Crippen molar-refractivity contribution in [1.82, 2.24) is 19.9 Å². The van der Waals surface area contributed by atoms with Crippen LogP contribution in [0, 0.1) is 5.92 Å². The second kappa shape index (κ2) is 8.39. The zero-order valence-electron chi connectivity index (χ0n) is 16.7. The molecule has 0 radical (unpaired) electrons. The van der Waals surface area contributed by atoms with E-state index in [4.69, 9.17) is 9.97 Å². The number of benzene rings is 1. The van der Waals surface area contributed by atoms with E-state index in [2.05, 4.69) is 10.3 Å². The predicted octanol–water partition coefficient (Wildman–Crippen LogP) is 4.60. The van der Waals surface area contributed by atoms with Crippen LogP contribution in [0.3, 0.4) is 0 Å². The van der Waals surface area contributed by atoms with E-state index < -0.39 is 0 Å². The second-order valence-electron chi connectivity index (χ2n) is 7.57. The summed E-state index contributed by atoms with van der Waals surface area (Å²) in [5, 5.41) is 3.37. The van der Waals surface area contributed by atoms with Crippen LogP contribution in [-0.2, 0) is 4.79 Å². The van der Waals surface area contributed by atoms with Crippen LogP contribution in [0.1, 0.15) is 38.6 Å². The highest BCUT2D eigenvalue weighted by Gasteiger charge is 2.33. The summed E-state index contributed by atoms with van der Waals surface area (Å²) in [5.74, 6) is 1.50. The Morgan fingerprint density at radius 2 is 1.97 bits per heavy atom. The summed E-state index contributed by atoms with van der Waals surface area (Å²) in [4.78, 5) is 28.5. The van der Waals surface area contributed by atoms with Gasteiger partial charge < -0.3 is 10.2 Å². The number of hydrogen-bond acceptors (Lipinski definition) is 5. The lowest BCUT2D eigenvalue weighted by Gasteiger charge is -2.26. The van der Waals surface area contributed by atoms with Crippen molar-refractivity contribution in [2.45, 2.75) is 32.7 Å². The molecule has 1 aliphatic rings. The smallest absolute Gasteiger partial charge is 0.225 e. The number of aromatic nitrogens is 3. The van der Waals surface area contributed by atoms with Crippen LogP contribution >= 0.6 is 0 Å². The number of para-hydroxylation sites is 1. The van der Waals surface area contributed by atoms with Crippen LogP contribution < -0.4 is 5.32 Å². The maximum Gasteiger partial charge on any atom is 0.225 e. The number of carbonyl (C=O) groups excluding carboxylic acids is 1. The lowest BCUT2D eigenvalue weighted by atomic mass is 10.1. The first-order valence-corrected chi connectivity index (χ1v) is 10.0. The van der Waals surface area contributed by atoms with E-state index in [-0.39, 0.29) is 17.9 Å². The van der Waals surface area contributed by atoms with Crippen LogP contribution in [0.25, 0.3) is 11.3 Å². The number of anilines is 2. The molecule has 148 valence electrons. The minimum atomic E-state index is -0.0992. The summed E-state index contributed by atoms with van der Waals surface area (Å²) in [6, 6.07) is 15.6. The lowest BCUT2D eigenvalue weighted by Crippen LogP contribution is -2.34. The third kappa shape index (κ3) is 4.26. The van der Waals surface area contributed by atoms with Gasteiger partial charge in [0.25, 0.3) is 0 Å². The van der Waals surface area contributed by atoms with Crippen molar-refractivity contribution in [2.75, 3.05) is 11.9 Å². The molecule has 3 aromatic rings. The van der Waals surface area contributed by atoms with Crippen molar-refractivity contribution in [3.05, 3.63) is 66.7 Å². The lowest BCUT2D eigenvalue weighted by molar-refractivity contribution is -0.135. The highest BCUT2D eigenvalue weighted by molar-refractivity contribution is 5.79. The third-order valence-corrected chi connectivity index (χ3v) is 5.07. The van der Waals surface area contributed by atoms with Crippen molar-refractivity contribution >= 4 is 17.4 Å². The highest BCUT2D eigenvalue weighted by Crippen LogP contribution is 2.33. The fourth-order valence-corrected chi connectivity index (χ4v) is 3.64. The standard InChI is InChI=1S/C23H25N5O/c1-16(2)23(29)28-13-7-11-20(28)22-26-19(17-8-6-12-24-15-17)14-21(27-22)25-18-9-4-3-5-10-18/h3-6,8-10,12,14-16,20H,7,11,13H2,1-2H3,(H,25,26,27)/t20-/m0/s1. The van der Waals surface area contributed by atoms with Crippen LogP contribution in [0.4, 0.5) is 11.5 Å². The van der Waals surface area contributed by atoms with E-state index in [0.29, 0.717) is 11.6 Å². The normalized spacial score (nSPS) is 16.2. The van der Waals surface area contributed by atoms with Crippen molar-refractivity contribution in [1.29, 1.82) is 0 Å². The maximum absolute atomic E-state index is 12.7. The third-order valence-electron chi connectivity index (χ3n) is 5.07. The van der Waals surface area contributed by atoms with E-state index in [1.54, 1.807) is 12.4 Å². The molecule has 6 heteroatoms. The van der Waals surface area contributed by atoms with Crippen LogP contribution in [0.5, 0.6) is 0 Å². The molecule has 0 aliphatic carbocycles. The summed E-state index contributed by atoms with van der Waals surface area (Å²) >= 11 is 0. The van der Waals surface area contributed by atoms with Crippen molar-refractivity contribution in [2.24, 2.45) is 5.92 Å². The number of nitrogens with zero attached hydrogens (tertiary/aromatic N) is 4. The van der Waals surface area contributed by atoms with Gasteiger partial charge in [0.15, 0.2) is 5.82 Å². The molecule has 1 aliphatic heterocycles. The molecule has 1 saturated heterocycles. The molecule has 3 heterocycles. The van der Waals surface area contributed by atoms with E-state index in [1.165, 1.54) is 0 Å². The van der Waals surface area contributed by atoms with Crippen LogP contribution in [0.2, 0.25) is 0 Å². The van der Waals surface area contributed by atoms with E-state index >= 15 is 0 Å². The van der Waals surface area contributed by atoms with Gasteiger partial charge in [0.2, 0.25) is 5.91 Å². The van der Waals surface area contributed by atoms with Crippen LogP contribution in [-0.4, -0.2) is 32.3 Å². The summed E-state index contributed by atoms with van der Waals surface area (Å²) < 4.78 is 0. The maximum atomic E-state index is 12.7. The molecule has 1 fully saturated rings. The molecule has 6 nitrogen and oxygen atoms in total. The average Bonchev–Trinajstić information content (AvgIpc) is 3.24. The molecule has 29 heavy (non-hydrogen) atoms. The number of rotatable bonds is 5. The van der Waals surface area contributed by atoms with Gasteiger partial charge in [-0.05, 0) is 37.1 Å². The first-order valence-electron chi connectivity index (χ1n) is 10.0. The Bertz CT molecular complexity index is 975. The zero-order valence-corrected chi connectivity index (χ0v) is 16.7. The quantitative estimate of drug-likeness (QED) is 0.693. The summed E-state index contributed by atoms with van der Waals surface area (Å²) in [7, 11) is 0. The van der Waals surface area contributed by atoms with Gasteiger partial charge in [-0.3, -0.25) is 9.78 Å². The molecule has 0 unspecified atom stereocenters. The van der Waals surface area contributed by atoms with Crippen molar-refractivity contribution in [3.63, 3.8) is 0 Å². The largest absolute Gasteiger partial charge is 0.340 e. The molecule has 1 aromatic carbocycles. The van der Waals surface area contributed by atoms with Crippen molar-refractivity contribution in [3.8, 4) is 11.3 Å². The Balaban J connectivity index is 1.74. The van der Waals surface area contributed by atoms with Gasteiger partial charge >= 0.3 is 0 Å². The minimum Gasteiger partial charge on any atom is -0.340 e. The molecule has 1 atom stereocenters. The summed E-state index contributed by atoms with van der Waals surface area (Å²) in [6.45, 7) is 4.63. The average molecular weight is 387 g/mol. The Morgan fingerprint density at radius 3 is 2.69 bits per heavy atom. The number of carbonyl (C=O) groups is 1. The van der Waals surface area contributed by atoms with Gasteiger partial charge in [-0.2, -0.15) is 0 Å². The van der Waals surface area contributed by atoms with Gasteiger partial charge in [-0.25, -0.2) is 9.97 Å². The molecule has 4 rings (SSSR count). The second-order valence-corrected chi connectivity index (χ2v) is 7.57. The number of nitrogens with one attached hydrogen (secondary N) is 1. The van der Waals surface area contributed by atoms with Gasteiger partial charge in [-0.1, -0.05) is 32.0 Å². The molecule has 1 amide bonds. The number of likely N-dealkylation sites (tertiary alicyclic amines) is 1. The van der Waals surface area contributed by atoms with Gasteiger partial charge in [0, 0.05) is 42.2 Å².